The Balaban J connectivity index is 1.53. The number of rotatable bonds is 3. The van der Waals surface area contributed by atoms with Gasteiger partial charge in [-0.05, 0) is 32.1 Å². The molecule has 1 aromatic heterocycles. The molecule has 0 N–H and O–H groups in total. The van der Waals surface area contributed by atoms with E-state index in [2.05, 4.69) is 21.7 Å². The maximum atomic E-state index is 12.3. The highest BCUT2D eigenvalue weighted by atomic mass is 32.1. The predicted molar refractivity (Wildman–Crippen MR) is 89.3 cm³/mol. The number of carbonyl (C=O) groups is 1. The maximum absolute atomic E-state index is 12.3. The lowest BCUT2D eigenvalue weighted by molar-refractivity contribution is -0.145. The zero-order valence-electron chi connectivity index (χ0n) is 13.7. The number of thiazole rings is 1. The third kappa shape index (κ3) is 3.04. The number of likely N-dealkylation sites (tertiary alicyclic amines) is 2. The number of aromatic nitrogens is 1. The molecule has 0 spiro atoms. The minimum absolute atomic E-state index is 0.234. The summed E-state index contributed by atoms with van der Waals surface area (Å²) in [6.45, 7) is 6.82. The Morgan fingerprint density at radius 3 is 3.04 bits per heavy atom. The van der Waals surface area contributed by atoms with Crippen LogP contribution < -0.4 is 0 Å². The van der Waals surface area contributed by atoms with Crippen molar-refractivity contribution in [3.05, 3.63) is 16.1 Å². The highest BCUT2D eigenvalue weighted by molar-refractivity contribution is 7.09. The summed E-state index contributed by atoms with van der Waals surface area (Å²) in [5.41, 5.74) is 3.08. The molecule has 5 nitrogen and oxygen atoms in total. The molecule has 3 aliphatic rings. The van der Waals surface area contributed by atoms with E-state index in [1.165, 1.54) is 11.3 Å². The van der Waals surface area contributed by atoms with Crippen LogP contribution >= 0.6 is 11.3 Å². The summed E-state index contributed by atoms with van der Waals surface area (Å²) in [6.07, 6.45) is 4.32. The molecule has 1 amide bonds. The van der Waals surface area contributed by atoms with Crippen molar-refractivity contribution in [2.75, 3.05) is 26.2 Å². The largest absolute Gasteiger partial charge is 0.376 e. The van der Waals surface area contributed by atoms with Crippen LogP contribution in [0.4, 0.5) is 0 Å². The number of piperidine rings is 1. The van der Waals surface area contributed by atoms with E-state index in [1.807, 2.05) is 5.51 Å². The number of amides is 1. The van der Waals surface area contributed by atoms with Crippen molar-refractivity contribution in [3.63, 3.8) is 0 Å². The average Bonchev–Trinajstić information content (AvgIpc) is 3.15. The molecule has 6 heteroatoms. The Labute approximate surface area is 141 Å². The van der Waals surface area contributed by atoms with Crippen LogP contribution in [0.5, 0.6) is 0 Å². The fraction of sp³-hybridized carbons (Fsp3) is 0.765. The smallest absolute Gasteiger partial charge is 0.223 e. The molecule has 3 aliphatic heterocycles. The van der Waals surface area contributed by atoms with E-state index in [4.69, 9.17) is 4.74 Å². The van der Waals surface area contributed by atoms with Crippen molar-refractivity contribution in [1.29, 1.82) is 0 Å². The van der Waals surface area contributed by atoms with Crippen molar-refractivity contribution < 1.29 is 9.53 Å². The Bertz CT molecular complexity index is 576. The molecular formula is C17H25N3O2S. The lowest BCUT2D eigenvalue weighted by Gasteiger charge is -2.48. The fourth-order valence-corrected chi connectivity index (χ4v) is 5.18. The lowest BCUT2D eigenvalue weighted by Crippen LogP contribution is -2.61. The molecule has 3 fully saturated rings. The number of aryl methyl sites for hydroxylation is 1. The average molecular weight is 335 g/mol. The number of ether oxygens (including phenoxy) is 1. The lowest BCUT2D eigenvalue weighted by atomic mass is 9.84. The highest BCUT2D eigenvalue weighted by Gasteiger charge is 2.44. The molecule has 0 unspecified atom stereocenters. The molecule has 126 valence electrons. The number of carbonyl (C=O) groups excluding carboxylic acids is 1. The second-order valence-electron chi connectivity index (χ2n) is 7.05. The summed E-state index contributed by atoms with van der Waals surface area (Å²) in [5, 5.41) is 0. The first-order chi connectivity index (χ1) is 11.2. The molecule has 1 aromatic rings. The van der Waals surface area contributed by atoms with Gasteiger partial charge in [0.25, 0.3) is 0 Å². The Hall–Kier alpha value is -0.980. The van der Waals surface area contributed by atoms with E-state index in [1.54, 1.807) is 11.3 Å². The van der Waals surface area contributed by atoms with Gasteiger partial charge in [0.05, 0.1) is 23.4 Å². The van der Waals surface area contributed by atoms with Crippen LogP contribution in [0.25, 0.3) is 0 Å². The fourth-order valence-electron chi connectivity index (χ4n) is 4.37. The topological polar surface area (TPSA) is 45.7 Å². The van der Waals surface area contributed by atoms with E-state index in [0.29, 0.717) is 18.2 Å². The normalized spacial score (nSPS) is 32.3. The van der Waals surface area contributed by atoms with Gasteiger partial charge in [-0.3, -0.25) is 9.69 Å². The van der Waals surface area contributed by atoms with Crippen LogP contribution in [-0.2, 0) is 16.1 Å². The molecule has 23 heavy (non-hydrogen) atoms. The first-order valence-corrected chi connectivity index (χ1v) is 9.63. The van der Waals surface area contributed by atoms with Gasteiger partial charge < -0.3 is 9.64 Å². The number of hydrogen-bond donors (Lipinski definition) is 0. The standard InChI is InChI=1S/C17H25N3O2S/c1-12-15(23-11-18-12)10-19-8-13-4-3-7-22-17(13)14(9-19)20-6-2-5-16(20)21/h11,13-14,17H,2-10H2,1H3/t13-,14+,17-/m0/s1. The maximum Gasteiger partial charge on any atom is 0.223 e. The van der Waals surface area contributed by atoms with Crippen LogP contribution in [0.15, 0.2) is 5.51 Å². The second-order valence-corrected chi connectivity index (χ2v) is 7.99. The molecule has 3 atom stereocenters. The zero-order valence-corrected chi connectivity index (χ0v) is 14.6. The van der Waals surface area contributed by atoms with Crippen LogP contribution in [-0.4, -0.2) is 59.1 Å². The first kappa shape index (κ1) is 15.5. The number of fused-ring (bicyclic) bond motifs is 1. The minimum atomic E-state index is 0.234. The van der Waals surface area contributed by atoms with Crippen molar-refractivity contribution in [1.82, 2.24) is 14.8 Å². The molecule has 3 saturated heterocycles. The van der Waals surface area contributed by atoms with Gasteiger partial charge in [-0.1, -0.05) is 0 Å². The molecule has 0 aliphatic carbocycles. The number of hydrogen-bond acceptors (Lipinski definition) is 5. The monoisotopic (exact) mass is 335 g/mol. The van der Waals surface area contributed by atoms with Gasteiger partial charge in [-0.15, -0.1) is 11.3 Å². The first-order valence-electron chi connectivity index (χ1n) is 8.75. The quantitative estimate of drug-likeness (QED) is 0.848. The van der Waals surface area contributed by atoms with Crippen molar-refractivity contribution in [2.45, 2.75) is 51.3 Å². The van der Waals surface area contributed by atoms with Crippen LogP contribution in [0.3, 0.4) is 0 Å². The summed E-state index contributed by atoms with van der Waals surface area (Å²) in [6, 6.07) is 0.234. The van der Waals surface area contributed by atoms with E-state index < -0.39 is 0 Å². The molecule has 0 aromatic carbocycles. The van der Waals surface area contributed by atoms with Crippen LogP contribution in [0, 0.1) is 12.8 Å². The van der Waals surface area contributed by atoms with Gasteiger partial charge in [-0.2, -0.15) is 0 Å². The van der Waals surface area contributed by atoms with Gasteiger partial charge in [0.2, 0.25) is 5.91 Å². The SMILES string of the molecule is Cc1ncsc1CN1C[C@@H]2CCCO[C@@H]2[C@H](N2CCCC2=O)C1. The Kier molecular flexibility index (Phi) is 4.39. The van der Waals surface area contributed by atoms with Crippen LogP contribution in [0.2, 0.25) is 0 Å². The summed E-state index contributed by atoms with van der Waals surface area (Å²) >= 11 is 1.74. The second kappa shape index (κ2) is 6.49. The van der Waals surface area contributed by atoms with Crippen LogP contribution in [0.1, 0.15) is 36.3 Å². The number of nitrogens with zero attached hydrogens (tertiary/aromatic N) is 3. The zero-order chi connectivity index (χ0) is 15.8. The summed E-state index contributed by atoms with van der Waals surface area (Å²) in [7, 11) is 0. The van der Waals surface area contributed by atoms with Gasteiger partial charge >= 0.3 is 0 Å². The van der Waals surface area contributed by atoms with E-state index in [-0.39, 0.29) is 12.1 Å². The van der Waals surface area contributed by atoms with Gasteiger partial charge in [-0.25, -0.2) is 4.98 Å². The molecule has 0 radical (unpaired) electrons. The molecular weight excluding hydrogens is 310 g/mol. The highest BCUT2D eigenvalue weighted by Crippen LogP contribution is 2.33. The summed E-state index contributed by atoms with van der Waals surface area (Å²) in [5.74, 6) is 0.878. The Morgan fingerprint density at radius 2 is 2.30 bits per heavy atom. The Morgan fingerprint density at radius 1 is 1.39 bits per heavy atom. The summed E-state index contributed by atoms with van der Waals surface area (Å²) in [4.78, 5) is 22.6. The molecule has 4 rings (SSSR count). The van der Waals surface area contributed by atoms with Crippen molar-refractivity contribution in [3.8, 4) is 0 Å². The van der Waals surface area contributed by atoms with Gasteiger partial charge in [0.1, 0.15) is 0 Å². The van der Waals surface area contributed by atoms with E-state index >= 15 is 0 Å². The van der Waals surface area contributed by atoms with Gasteiger partial charge in [0, 0.05) is 44.1 Å². The third-order valence-corrected chi connectivity index (χ3v) is 6.45. The van der Waals surface area contributed by atoms with Crippen molar-refractivity contribution in [2.24, 2.45) is 5.92 Å². The molecule has 0 saturated carbocycles. The summed E-state index contributed by atoms with van der Waals surface area (Å²) < 4.78 is 6.13. The van der Waals surface area contributed by atoms with E-state index in [9.17, 15) is 4.79 Å². The van der Waals surface area contributed by atoms with Crippen molar-refractivity contribution >= 4 is 17.2 Å². The minimum Gasteiger partial charge on any atom is -0.376 e. The molecule has 4 heterocycles. The predicted octanol–water partition coefficient (Wildman–Crippen LogP) is 2.05. The molecule has 0 bridgehead atoms. The van der Waals surface area contributed by atoms with E-state index in [0.717, 1.165) is 51.3 Å². The van der Waals surface area contributed by atoms with Gasteiger partial charge in [0.15, 0.2) is 0 Å². The third-order valence-electron chi connectivity index (χ3n) is 5.53.